The van der Waals surface area contributed by atoms with Crippen LogP contribution < -0.4 is 9.47 Å². The van der Waals surface area contributed by atoms with E-state index >= 15 is 0 Å². The summed E-state index contributed by atoms with van der Waals surface area (Å²) in [5, 5.41) is 10.0. The molecule has 5 nitrogen and oxygen atoms in total. The molecule has 0 atom stereocenters. The van der Waals surface area contributed by atoms with Gasteiger partial charge in [0.1, 0.15) is 29.7 Å². The van der Waals surface area contributed by atoms with Gasteiger partial charge in [-0.1, -0.05) is 33.6 Å². The lowest BCUT2D eigenvalue weighted by Crippen LogP contribution is -2.06. The molecule has 1 heterocycles. The van der Waals surface area contributed by atoms with Gasteiger partial charge in [0.15, 0.2) is 0 Å². The van der Waals surface area contributed by atoms with Crippen molar-refractivity contribution in [3.8, 4) is 11.5 Å². The minimum absolute atomic E-state index is 0.184. The average molecular weight is 523 g/mol. The molecular weight excluding hydrogens is 508 g/mol. The summed E-state index contributed by atoms with van der Waals surface area (Å²) in [4.78, 5) is 10.9. The Hall–Kier alpha value is -3.10. The van der Waals surface area contributed by atoms with Crippen molar-refractivity contribution in [3.05, 3.63) is 93.1 Å². The quantitative estimate of drug-likeness (QED) is 0.218. The minimum atomic E-state index is -1.40. The van der Waals surface area contributed by atoms with Crippen LogP contribution in [-0.4, -0.2) is 15.8 Å². The number of hydrogen-bond donors (Lipinski definition) is 1. The zero-order chi connectivity index (χ0) is 22.8. The Kier molecular flexibility index (Phi) is 6.34. The smallest absolute Gasteiger partial charge is 0.488 e. The van der Waals surface area contributed by atoms with Crippen LogP contribution >= 0.6 is 27.5 Å². The molecule has 0 radical (unpaired) electrons. The topological polar surface area (TPSA) is 60.7 Å². The van der Waals surface area contributed by atoms with Gasteiger partial charge in [0, 0.05) is 26.6 Å². The van der Waals surface area contributed by atoms with E-state index in [2.05, 4.69) is 15.9 Å². The summed E-state index contributed by atoms with van der Waals surface area (Å²) in [7, 11) is 0. The lowest BCUT2D eigenvalue weighted by molar-refractivity contribution is 0.145. The van der Waals surface area contributed by atoms with Crippen LogP contribution in [0.5, 0.6) is 11.5 Å². The lowest BCUT2D eigenvalue weighted by Gasteiger charge is -2.14. The molecule has 9 heteroatoms. The molecule has 32 heavy (non-hydrogen) atoms. The molecule has 0 fully saturated rings. The number of halogens is 4. The van der Waals surface area contributed by atoms with Crippen molar-refractivity contribution in [1.82, 2.24) is 4.57 Å². The van der Waals surface area contributed by atoms with Crippen molar-refractivity contribution in [2.75, 3.05) is 0 Å². The predicted molar refractivity (Wildman–Crippen MR) is 120 cm³/mol. The molecule has 0 aliphatic rings. The molecule has 164 valence electrons. The third-order valence-electron chi connectivity index (χ3n) is 4.81. The Labute approximate surface area is 194 Å². The van der Waals surface area contributed by atoms with Crippen LogP contribution in [0, 0.1) is 11.6 Å². The van der Waals surface area contributed by atoms with Gasteiger partial charge in [-0.15, -0.1) is 0 Å². The number of carbonyl (C=O) groups is 1. The second-order valence-corrected chi connectivity index (χ2v) is 8.24. The van der Waals surface area contributed by atoms with E-state index in [4.69, 9.17) is 26.2 Å². The second-order valence-electron chi connectivity index (χ2n) is 6.89. The monoisotopic (exact) mass is 521 g/mol. The van der Waals surface area contributed by atoms with E-state index in [9.17, 15) is 13.6 Å². The van der Waals surface area contributed by atoms with Crippen LogP contribution in [0.15, 0.2) is 65.3 Å². The standard InChI is InChI=1S/C23H15BrClF2NO4/c24-14-9-18(26)17(19(27)10-14)12-31-21-5-4-15(25)8-13(21)11-28-7-6-16-20(28)2-1-3-22(16)32-23(29)30/h1-10H,11-12H2,(H,29,30). The van der Waals surface area contributed by atoms with E-state index < -0.39 is 17.8 Å². The highest BCUT2D eigenvalue weighted by Crippen LogP contribution is 2.30. The fourth-order valence-electron chi connectivity index (χ4n) is 3.37. The first-order chi connectivity index (χ1) is 15.3. The fraction of sp³-hybridized carbons (Fsp3) is 0.0870. The van der Waals surface area contributed by atoms with Crippen molar-refractivity contribution in [2.24, 2.45) is 0 Å². The SMILES string of the molecule is O=C(O)Oc1cccc2c1ccn2Cc1cc(Cl)ccc1OCc1c(F)cc(Br)cc1F. The zero-order valence-corrected chi connectivity index (χ0v) is 18.7. The lowest BCUT2D eigenvalue weighted by atomic mass is 10.1. The molecule has 0 bridgehead atoms. The van der Waals surface area contributed by atoms with Crippen LogP contribution in [0.2, 0.25) is 5.02 Å². The normalized spacial score (nSPS) is 11.0. The summed E-state index contributed by atoms with van der Waals surface area (Å²) in [6.45, 7) is 0.0177. The molecule has 1 aromatic heterocycles. The predicted octanol–water partition coefficient (Wildman–Crippen LogP) is 7.02. The molecule has 1 N–H and O–H groups in total. The number of nitrogens with zero attached hydrogens (tertiary/aromatic N) is 1. The second kappa shape index (κ2) is 9.18. The molecule has 0 spiro atoms. The van der Waals surface area contributed by atoms with E-state index in [1.165, 1.54) is 12.1 Å². The van der Waals surface area contributed by atoms with Gasteiger partial charge in [-0.3, -0.25) is 0 Å². The van der Waals surface area contributed by atoms with Crippen molar-refractivity contribution >= 4 is 44.6 Å². The number of aromatic nitrogens is 1. The van der Waals surface area contributed by atoms with Crippen LogP contribution in [0.25, 0.3) is 10.9 Å². The first-order valence-corrected chi connectivity index (χ1v) is 10.5. The van der Waals surface area contributed by atoms with Gasteiger partial charge < -0.3 is 19.1 Å². The summed E-state index contributed by atoms with van der Waals surface area (Å²) >= 11 is 9.22. The third kappa shape index (κ3) is 4.71. The van der Waals surface area contributed by atoms with Crippen LogP contribution in [0.3, 0.4) is 0 Å². The first kappa shape index (κ1) is 22.1. The van der Waals surface area contributed by atoms with E-state index in [-0.39, 0.29) is 17.9 Å². The van der Waals surface area contributed by atoms with E-state index in [1.54, 1.807) is 42.6 Å². The molecule has 0 saturated heterocycles. The highest BCUT2D eigenvalue weighted by atomic mass is 79.9. The van der Waals surface area contributed by atoms with Gasteiger partial charge in [0.2, 0.25) is 0 Å². The minimum Gasteiger partial charge on any atom is -0.488 e. The van der Waals surface area contributed by atoms with Gasteiger partial charge in [0.25, 0.3) is 0 Å². The number of hydrogen-bond acceptors (Lipinski definition) is 3. The number of rotatable bonds is 6. The molecule has 0 saturated carbocycles. The summed E-state index contributed by atoms with van der Waals surface area (Å²) < 4.78 is 41.1. The molecule has 0 amide bonds. The van der Waals surface area contributed by atoms with Crippen LogP contribution in [0.1, 0.15) is 11.1 Å². The maximum atomic E-state index is 14.2. The Morgan fingerprint density at radius 3 is 2.53 bits per heavy atom. The number of carboxylic acid groups (broad SMARTS) is 1. The largest absolute Gasteiger partial charge is 0.511 e. The van der Waals surface area contributed by atoms with Gasteiger partial charge >= 0.3 is 6.16 Å². The summed E-state index contributed by atoms with van der Waals surface area (Å²) in [6.07, 6.45) is 0.376. The highest BCUT2D eigenvalue weighted by molar-refractivity contribution is 9.10. The van der Waals surface area contributed by atoms with Gasteiger partial charge in [-0.25, -0.2) is 13.6 Å². The van der Waals surface area contributed by atoms with Crippen molar-refractivity contribution in [1.29, 1.82) is 0 Å². The Bertz CT molecular complexity index is 1300. The maximum absolute atomic E-state index is 14.2. The van der Waals surface area contributed by atoms with E-state index in [0.717, 1.165) is 5.52 Å². The fourth-order valence-corrected chi connectivity index (χ4v) is 3.97. The molecule has 0 aliphatic heterocycles. The molecule has 0 unspecified atom stereocenters. The maximum Gasteiger partial charge on any atom is 0.511 e. The van der Waals surface area contributed by atoms with Crippen molar-refractivity contribution < 1.29 is 28.2 Å². The Morgan fingerprint density at radius 2 is 1.81 bits per heavy atom. The highest BCUT2D eigenvalue weighted by Gasteiger charge is 2.15. The molecule has 0 aliphatic carbocycles. The van der Waals surface area contributed by atoms with E-state index in [0.29, 0.717) is 32.7 Å². The van der Waals surface area contributed by atoms with Gasteiger partial charge in [0.05, 0.1) is 17.6 Å². The summed E-state index contributed by atoms with van der Waals surface area (Å²) in [5.41, 5.74) is 1.23. The Morgan fingerprint density at radius 1 is 1.06 bits per heavy atom. The molecule has 3 aromatic carbocycles. The third-order valence-corrected chi connectivity index (χ3v) is 5.50. The molecular formula is C23H15BrClF2NO4. The van der Waals surface area contributed by atoms with Crippen molar-refractivity contribution in [3.63, 3.8) is 0 Å². The summed E-state index contributed by atoms with van der Waals surface area (Å²) in [6, 6.07) is 14.1. The molecule has 4 rings (SSSR count). The number of benzene rings is 3. The average Bonchev–Trinajstić information content (AvgIpc) is 3.12. The van der Waals surface area contributed by atoms with Crippen LogP contribution in [-0.2, 0) is 13.2 Å². The Balaban J connectivity index is 1.63. The number of ether oxygens (including phenoxy) is 2. The van der Waals surface area contributed by atoms with Crippen LogP contribution in [0.4, 0.5) is 13.6 Å². The van der Waals surface area contributed by atoms with Gasteiger partial charge in [-0.2, -0.15) is 0 Å². The van der Waals surface area contributed by atoms with Crippen molar-refractivity contribution in [2.45, 2.75) is 13.2 Å². The van der Waals surface area contributed by atoms with Gasteiger partial charge in [-0.05, 0) is 48.5 Å². The van der Waals surface area contributed by atoms with E-state index in [1.807, 2.05) is 10.6 Å². The number of fused-ring (bicyclic) bond motifs is 1. The zero-order valence-electron chi connectivity index (χ0n) is 16.3. The summed E-state index contributed by atoms with van der Waals surface area (Å²) in [5.74, 6) is -0.794. The first-order valence-electron chi connectivity index (χ1n) is 9.35. The molecule has 4 aromatic rings.